The first-order valence-corrected chi connectivity index (χ1v) is 7.35. The van der Waals surface area contributed by atoms with Crippen molar-refractivity contribution in [1.82, 2.24) is 0 Å². The molecule has 1 aliphatic carbocycles. The van der Waals surface area contributed by atoms with Crippen molar-refractivity contribution in [2.45, 2.75) is 51.2 Å². The zero-order chi connectivity index (χ0) is 15.5. The van der Waals surface area contributed by atoms with Crippen LogP contribution in [0.5, 0.6) is 0 Å². The largest absolute Gasteiger partial charge is 0.385 e. The number of methoxy groups -OCH3 is 1. The third-order valence-electron chi connectivity index (χ3n) is 3.93. The van der Waals surface area contributed by atoms with Crippen LogP contribution in [0.25, 0.3) is 0 Å². The van der Waals surface area contributed by atoms with Gasteiger partial charge in [0.15, 0.2) is 0 Å². The summed E-state index contributed by atoms with van der Waals surface area (Å²) < 4.78 is 51.1. The third-order valence-corrected chi connectivity index (χ3v) is 3.93. The van der Waals surface area contributed by atoms with E-state index in [1.54, 1.807) is 6.07 Å². The van der Waals surface area contributed by atoms with E-state index in [0.717, 1.165) is 31.6 Å². The number of unbranched alkanes of at least 4 members (excludes halogenated alkanes) is 1. The highest BCUT2D eigenvalue weighted by molar-refractivity contribution is 5.37. The Kier molecular flexibility index (Phi) is 5.27. The second kappa shape index (κ2) is 6.79. The monoisotopic (exact) mass is 302 g/mol. The first kappa shape index (κ1) is 16.3. The number of hydrogen-bond acceptors (Lipinski definition) is 2. The van der Waals surface area contributed by atoms with E-state index in [1.165, 1.54) is 0 Å². The number of benzene rings is 1. The Hall–Kier alpha value is -1.07. The first-order valence-electron chi connectivity index (χ1n) is 7.35. The minimum Gasteiger partial charge on any atom is -0.378 e. The lowest BCUT2D eigenvalue weighted by atomic mass is 9.87. The lowest BCUT2D eigenvalue weighted by Crippen LogP contribution is -2.26. The maximum absolute atomic E-state index is 14.3. The molecule has 2 nitrogen and oxygen atoms in total. The summed E-state index contributed by atoms with van der Waals surface area (Å²) in [7, 11) is 0.872. The summed E-state index contributed by atoms with van der Waals surface area (Å²) in [5.41, 5.74) is 0.449. The van der Waals surface area contributed by atoms with Crippen LogP contribution in [0, 0.1) is 5.82 Å². The molecular weight excluding hydrogens is 281 g/mol. The molecular formula is C16H21F3O2. The van der Waals surface area contributed by atoms with Crippen LogP contribution < -0.4 is 0 Å². The van der Waals surface area contributed by atoms with Gasteiger partial charge in [-0.1, -0.05) is 19.4 Å². The number of alkyl halides is 2. The highest BCUT2D eigenvalue weighted by Crippen LogP contribution is 2.35. The smallest absolute Gasteiger partial charge is 0.378 e. The SMILES string of the molecule is CCCCOC1CCc2c(ccc(C(F)(F)OC)c2F)C1. The van der Waals surface area contributed by atoms with E-state index in [1.807, 2.05) is 0 Å². The van der Waals surface area contributed by atoms with Crippen molar-refractivity contribution in [3.63, 3.8) is 0 Å². The van der Waals surface area contributed by atoms with Crippen molar-refractivity contribution < 1.29 is 22.6 Å². The van der Waals surface area contributed by atoms with Crippen molar-refractivity contribution >= 4 is 0 Å². The lowest BCUT2D eigenvalue weighted by Gasteiger charge is -2.27. The molecule has 0 fully saturated rings. The minimum absolute atomic E-state index is 0.0530. The Labute approximate surface area is 123 Å². The van der Waals surface area contributed by atoms with Gasteiger partial charge in [0.2, 0.25) is 0 Å². The van der Waals surface area contributed by atoms with Crippen LogP contribution in [0.2, 0.25) is 0 Å². The van der Waals surface area contributed by atoms with E-state index in [0.29, 0.717) is 31.4 Å². The van der Waals surface area contributed by atoms with Gasteiger partial charge in [-0.25, -0.2) is 4.39 Å². The first-order chi connectivity index (χ1) is 9.99. The molecule has 0 spiro atoms. The second-order valence-corrected chi connectivity index (χ2v) is 5.37. The summed E-state index contributed by atoms with van der Waals surface area (Å²) in [6.07, 6.45) is 0.186. The quantitative estimate of drug-likeness (QED) is 0.733. The van der Waals surface area contributed by atoms with Gasteiger partial charge in [-0.3, -0.25) is 0 Å². The molecule has 0 aliphatic heterocycles. The zero-order valence-corrected chi connectivity index (χ0v) is 12.4. The van der Waals surface area contributed by atoms with E-state index in [-0.39, 0.29) is 6.10 Å². The molecule has 0 saturated carbocycles. The Morgan fingerprint density at radius 2 is 2.10 bits per heavy atom. The molecule has 0 saturated heterocycles. The van der Waals surface area contributed by atoms with Crippen LogP contribution in [-0.4, -0.2) is 19.8 Å². The Morgan fingerprint density at radius 3 is 2.76 bits per heavy atom. The van der Waals surface area contributed by atoms with E-state index < -0.39 is 17.5 Å². The van der Waals surface area contributed by atoms with Gasteiger partial charge in [-0.15, -0.1) is 0 Å². The standard InChI is InChI=1S/C16H21F3O2/c1-3-4-9-21-12-6-7-13-11(10-12)5-8-14(15(13)17)16(18,19)20-2/h5,8,12H,3-4,6-7,9-10H2,1-2H3. The summed E-state index contributed by atoms with van der Waals surface area (Å²) in [6.45, 7) is 2.78. The normalized spacial score (nSPS) is 18.6. The molecule has 0 amide bonds. The second-order valence-electron chi connectivity index (χ2n) is 5.37. The van der Waals surface area contributed by atoms with Crippen molar-refractivity contribution in [3.8, 4) is 0 Å². The molecule has 5 heteroatoms. The number of rotatable bonds is 6. The van der Waals surface area contributed by atoms with Crippen LogP contribution in [0.1, 0.15) is 42.9 Å². The van der Waals surface area contributed by atoms with Gasteiger partial charge in [-0.2, -0.15) is 8.78 Å². The highest BCUT2D eigenvalue weighted by Gasteiger charge is 2.37. The number of fused-ring (bicyclic) bond motifs is 1. The van der Waals surface area contributed by atoms with Gasteiger partial charge in [-0.05, 0) is 42.9 Å². The van der Waals surface area contributed by atoms with Gasteiger partial charge in [0, 0.05) is 13.7 Å². The van der Waals surface area contributed by atoms with E-state index in [9.17, 15) is 13.2 Å². The van der Waals surface area contributed by atoms with Gasteiger partial charge in [0.05, 0.1) is 11.7 Å². The fourth-order valence-electron chi connectivity index (χ4n) is 2.65. The summed E-state index contributed by atoms with van der Waals surface area (Å²) >= 11 is 0. The van der Waals surface area contributed by atoms with Crippen LogP contribution in [0.3, 0.4) is 0 Å². The molecule has 0 aromatic heterocycles. The molecule has 21 heavy (non-hydrogen) atoms. The highest BCUT2D eigenvalue weighted by atomic mass is 19.3. The van der Waals surface area contributed by atoms with Gasteiger partial charge < -0.3 is 9.47 Å². The van der Waals surface area contributed by atoms with Crippen LogP contribution in [0.15, 0.2) is 12.1 Å². The third kappa shape index (κ3) is 3.58. The summed E-state index contributed by atoms with van der Waals surface area (Å²) in [5, 5.41) is 0. The molecule has 1 aliphatic rings. The summed E-state index contributed by atoms with van der Waals surface area (Å²) in [6, 6.07) is 2.68. The maximum Gasteiger partial charge on any atom is 0.385 e. The van der Waals surface area contributed by atoms with Crippen molar-refractivity contribution in [2.75, 3.05) is 13.7 Å². The lowest BCUT2D eigenvalue weighted by molar-refractivity contribution is -0.233. The average molecular weight is 302 g/mol. The average Bonchev–Trinajstić information content (AvgIpc) is 2.47. The topological polar surface area (TPSA) is 18.5 Å². The van der Waals surface area contributed by atoms with Crippen LogP contribution >= 0.6 is 0 Å². The van der Waals surface area contributed by atoms with Crippen molar-refractivity contribution in [3.05, 3.63) is 34.6 Å². The van der Waals surface area contributed by atoms with E-state index in [4.69, 9.17) is 4.74 Å². The predicted octanol–water partition coefficient (Wildman–Crippen LogP) is 4.20. The van der Waals surface area contributed by atoms with Crippen molar-refractivity contribution in [1.29, 1.82) is 0 Å². The Morgan fingerprint density at radius 1 is 1.33 bits per heavy atom. The van der Waals surface area contributed by atoms with Crippen LogP contribution in [0.4, 0.5) is 13.2 Å². The fraction of sp³-hybridized carbons (Fsp3) is 0.625. The van der Waals surface area contributed by atoms with E-state index >= 15 is 0 Å². The maximum atomic E-state index is 14.3. The van der Waals surface area contributed by atoms with E-state index in [2.05, 4.69) is 11.7 Å². The summed E-state index contributed by atoms with van der Waals surface area (Å²) in [5.74, 6) is -0.841. The molecule has 1 aromatic carbocycles. The Bertz CT molecular complexity index is 489. The van der Waals surface area contributed by atoms with Gasteiger partial charge in [0.1, 0.15) is 5.82 Å². The molecule has 1 atom stereocenters. The molecule has 118 valence electrons. The van der Waals surface area contributed by atoms with Gasteiger partial charge >= 0.3 is 6.11 Å². The minimum atomic E-state index is -3.59. The van der Waals surface area contributed by atoms with Crippen molar-refractivity contribution in [2.24, 2.45) is 0 Å². The zero-order valence-electron chi connectivity index (χ0n) is 12.4. The molecule has 0 bridgehead atoms. The molecule has 0 radical (unpaired) electrons. The summed E-state index contributed by atoms with van der Waals surface area (Å²) in [4.78, 5) is 0. The van der Waals surface area contributed by atoms with Crippen LogP contribution in [-0.2, 0) is 28.4 Å². The van der Waals surface area contributed by atoms with Gasteiger partial charge in [0.25, 0.3) is 0 Å². The molecule has 1 aromatic rings. The molecule has 0 heterocycles. The molecule has 2 rings (SSSR count). The molecule has 0 N–H and O–H groups in total. The number of ether oxygens (including phenoxy) is 2. The molecule has 1 unspecified atom stereocenters. The fourth-order valence-corrected chi connectivity index (χ4v) is 2.65. The Balaban J connectivity index is 2.15. The predicted molar refractivity (Wildman–Crippen MR) is 74.0 cm³/mol. The number of halogens is 3. The number of hydrogen-bond donors (Lipinski definition) is 0.